The molecule has 0 saturated carbocycles. The van der Waals surface area contributed by atoms with Crippen LogP contribution in [0.1, 0.15) is 26.2 Å². The third kappa shape index (κ3) is 35.8. The Morgan fingerprint density at radius 1 is 0.484 bits per heavy atom. The third-order valence-electron chi connectivity index (χ3n) is 6.41. The van der Waals surface area contributed by atoms with Crippen molar-refractivity contribution < 1.29 is 116 Å². The van der Waals surface area contributed by atoms with Gasteiger partial charge in [-0.15, -0.1) is 0 Å². The molecule has 0 amide bonds. The van der Waals surface area contributed by atoms with E-state index in [1.54, 1.807) is 6.92 Å². The standard InChI is InChI=1S/C25H54O25P12/c1-21(46-58(33-2)52-28)12-37-9-6-22(47-59(34-3)53-29)13-38-10-7-23(48-60(35-4)54-30)14-39-11-8-24(49-61(36-5)55-31)15-40-20-41-16-25(45-50-57(51)43-18-26)17-42-62(56-32)44-19-27/h21-27H,6-20,51H2,1-5H3. The predicted molar refractivity (Wildman–Crippen MR) is 234 cm³/mol. The van der Waals surface area contributed by atoms with E-state index in [-0.39, 0.29) is 111 Å². The third-order valence-corrected chi connectivity index (χ3v) is 18.1. The lowest BCUT2D eigenvalue weighted by Gasteiger charge is -2.23. The number of hydrogen-bond donors (Lipinski definition) is 2. The Morgan fingerprint density at radius 3 is 1.27 bits per heavy atom. The van der Waals surface area contributed by atoms with E-state index in [9.17, 15) is 22.8 Å². The Bertz CT molecular complexity index is 1110. The van der Waals surface area contributed by atoms with Crippen LogP contribution in [0.2, 0.25) is 0 Å². The van der Waals surface area contributed by atoms with Gasteiger partial charge in [0.15, 0.2) is 6.79 Å². The van der Waals surface area contributed by atoms with E-state index in [0.717, 1.165) is 0 Å². The molecule has 0 bridgehead atoms. The molecule has 0 heterocycles. The molecular formula is C25H54O25P12. The van der Waals surface area contributed by atoms with E-state index >= 15 is 0 Å². The fourth-order valence-electron chi connectivity index (χ4n) is 3.76. The van der Waals surface area contributed by atoms with Gasteiger partial charge in [-0.2, -0.15) is 4.67 Å². The molecule has 0 aromatic rings. The summed E-state index contributed by atoms with van der Waals surface area (Å²) in [6.45, 7) is 0.578. The molecule has 0 spiro atoms. The first-order valence-corrected chi connectivity index (χ1v) is 33.8. The monoisotopic (exact) mass is 1130 g/mol. The van der Waals surface area contributed by atoms with E-state index in [2.05, 4.69) is 8.93 Å². The number of hydrogen-bond acceptors (Lipinski definition) is 25. The first kappa shape index (κ1) is 64.7. The minimum Gasteiger partial charge on any atom is -0.379 e. The van der Waals surface area contributed by atoms with Crippen LogP contribution in [0.4, 0.5) is 0 Å². The van der Waals surface area contributed by atoms with Crippen LogP contribution in [-0.2, 0) is 106 Å². The quantitative estimate of drug-likeness (QED) is 0.0188. The molecule has 0 aromatic heterocycles. The summed E-state index contributed by atoms with van der Waals surface area (Å²) in [6.07, 6.45) is -2.22. The Labute approximate surface area is 377 Å². The molecule has 25 nitrogen and oxygen atoms in total. The highest BCUT2D eigenvalue weighted by molar-refractivity contribution is 8.12. The van der Waals surface area contributed by atoms with Crippen LogP contribution in [0.5, 0.6) is 0 Å². The lowest BCUT2D eigenvalue weighted by atomic mass is 10.2. The van der Waals surface area contributed by atoms with Gasteiger partial charge in [-0.05, 0) is 35.1 Å². The zero-order valence-corrected chi connectivity index (χ0v) is 45.3. The largest absolute Gasteiger partial charge is 0.379 e. The molecule has 0 aliphatic heterocycles. The van der Waals surface area contributed by atoms with Gasteiger partial charge in [0.1, 0.15) is 19.7 Å². The number of aliphatic hydroxyl groups is 2. The fourth-order valence-corrected chi connectivity index (χ4v) is 11.0. The number of rotatable bonds is 48. The van der Waals surface area contributed by atoms with Crippen LogP contribution in [-0.4, -0.2) is 149 Å². The maximum atomic E-state index is 11.6. The molecule has 0 aromatic carbocycles. The van der Waals surface area contributed by atoms with E-state index in [0.29, 0.717) is 12.8 Å². The molecule has 0 aliphatic rings. The van der Waals surface area contributed by atoms with Crippen molar-refractivity contribution in [3.05, 3.63) is 0 Å². The molecule has 364 valence electrons. The summed E-state index contributed by atoms with van der Waals surface area (Å²) in [7, 11) is -4.56. The molecule has 12 atom stereocenters. The average Bonchev–Trinajstić information content (AvgIpc) is 3.28. The summed E-state index contributed by atoms with van der Waals surface area (Å²) < 4.78 is 149. The van der Waals surface area contributed by atoms with Crippen LogP contribution < -0.4 is 0 Å². The van der Waals surface area contributed by atoms with Crippen molar-refractivity contribution in [2.24, 2.45) is 0 Å². The summed E-state index contributed by atoms with van der Waals surface area (Å²) >= 11 is 0. The highest BCUT2D eigenvalue weighted by Gasteiger charge is 2.24. The van der Waals surface area contributed by atoms with Crippen molar-refractivity contribution in [2.75, 3.05) is 108 Å². The Hall–Kier alpha value is 2.71. The molecule has 0 radical (unpaired) electrons. The number of ether oxygens (including phenoxy) is 5. The van der Waals surface area contributed by atoms with E-state index < -0.39 is 94.5 Å². The lowest BCUT2D eigenvalue weighted by Crippen LogP contribution is -2.27. The van der Waals surface area contributed by atoms with E-state index in [1.807, 2.05) is 0 Å². The Kier molecular flexibility index (Phi) is 48.1. The van der Waals surface area contributed by atoms with Crippen LogP contribution in [0, 0.1) is 0 Å². The van der Waals surface area contributed by atoms with E-state index in [1.165, 1.54) is 28.4 Å². The molecule has 62 heavy (non-hydrogen) atoms. The predicted octanol–water partition coefficient (Wildman–Crippen LogP) is 9.30. The molecule has 0 aliphatic carbocycles. The second-order valence-corrected chi connectivity index (χ2v) is 26.4. The van der Waals surface area contributed by atoms with Crippen LogP contribution in [0.3, 0.4) is 0 Å². The summed E-state index contributed by atoms with van der Waals surface area (Å²) in [6, 6.07) is 0. The van der Waals surface area contributed by atoms with Crippen LogP contribution in [0.25, 0.3) is 0 Å². The van der Waals surface area contributed by atoms with Gasteiger partial charge in [0.05, 0.1) is 64.1 Å². The van der Waals surface area contributed by atoms with Gasteiger partial charge < -0.3 is 79.1 Å². The van der Waals surface area contributed by atoms with Gasteiger partial charge in [0, 0.05) is 48.3 Å². The topological polar surface area (TPSA) is 292 Å². The minimum absolute atomic E-state index is 0.0382. The Balaban J connectivity index is 5.23. The smallest absolute Gasteiger partial charge is 0.274 e. The van der Waals surface area contributed by atoms with Gasteiger partial charge in [-0.25, -0.2) is 4.89 Å². The van der Waals surface area contributed by atoms with Gasteiger partial charge in [-0.1, -0.05) is 0 Å². The molecule has 0 saturated heterocycles. The maximum Gasteiger partial charge on any atom is 0.274 e. The second kappa shape index (κ2) is 46.1. The molecule has 0 fully saturated rings. The normalized spacial score (nSPS) is 17.8. The molecule has 12 unspecified atom stereocenters. The Morgan fingerprint density at radius 2 is 0.871 bits per heavy atom. The maximum absolute atomic E-state index is 11.6. The summed E-state index contributed by atoms with van der Waals surface area (Å²) in [5.74, 6) is 0. The van der Waals surface area contributed by atoms with Gasteiger partial charge in [0.2, 0.25) is 48.8 Å². The van der Waals surface area contributed by atoms with Crippen molar-refractivity contribution in [2.45, 2.75) is 56.7 Å². The second-order valence-electron chi connectivity index (χ2n) is 10.8. The van der Waals surface area contributed by atoms with Crippen molar-refractivity contribution in [1.82, 2.24) is 0 Å². The average molecular weight is 1130 g/mol. The van der Waals surface area contributed by atoms with Gasteiger partial charge in [0.25, 0.3) is 40.3 Å². The zero-order chi connectivity index (χ0) is 46.2. The SMILES string of the molecule is COP(OC(C)COCCC(COCCC(COCCC(COCOCC(COP(OCO)P=O)OOP(P)OCO)OP(OC)P=O)OP(OC)P=O)OP(OC)P=O)P=O. The molecular weight excluding hydrogens is 1070 g/mol. The van der Waals surface area contributed by atoms with Crippen molar-refractivity contribution >= 4 is 98.1 Å². The van der Waals surface area contributed by atoms with Crippen molar-refractivity contribution in [1.29, 1.82) is 0 Å². The van der Waals surface area contributed by atoms with Crippen molar-refractivity contribution in [3.8, 4) is 0 Å². The molecule has 37 heteroatoms. The molecule has 2 N–H and O–H groups in total. The highest BCUT2D eigenvalue weighted by Crippen LogP contribution is 2.54. The van der Waals surface area contributed by atoms with Gasteiger partial charge in [-0.3, -0.25) is 27.3 Å². The van der Waals surface area contributed by atoms with Crippen LogP contribution >= 0.6 is 98.1 Å². The minimum atomic E-state index is -1.96. The highest BCUT2D eigenvalue weighted by atomic mass is 32.1. The fraction of sp³-hybridized carbons (Fsp3) is 1.00. The van der Waals surface area contributed by atoms with E-state index in [4.69, 9.17) is 93.2 Å². The lowest BCUT2D eigenvalue weighted by molar-refractivity contribution is -0.264. The van der Waals surface area contributed by atoms with Crippen molar-refractivity contribution in [3.63, 3.8) is 0 Å². The first-order valence-electron chi connectivity index (χ1n) is 17.5. The summed E-state index contributed by atoms with van der Waals surface area (Å²) in [4.78, 5) is 5.25. The first-order chi connectivity index (χ1) is 30.1. The number of aliphatic hydroxyl groups excluding tert-OH is 2. The van der Waals surface area contributed by atoms with Gasteiger partial charge >= 0.3 is 0 Å². The van der Waals surface area contributed by atoms with Crippen LogP contribution in [0.15, 0.2) is 0 Å². The zero-order valence-electron chi connectivity index (χ0n) is 34.3. The molecule has 0 rings (SSSR count). The summed E-state index contributed by atoms with van der Waals surface area (Å²) in [5, 5.41) is 17.8. The summed E-state index contributed by atoms with van der Waals surface area (Å²) in [5.41, 5.74) is 0.